The number of hydrogen-bond acceptors (Lipinski definition) is 5. The van der Waals surface area contributed by atoms with Crippen LogP contribution in [0.15, 0.2) is 4.52 Å². The average molecular weight is 222 g/mol. The van der Waals surface area contributed by atoms with Gasteiger partial charge < -0.3 is 9.84 Å². The van der Waals surface area contributed by atoms with Crippen LogP contribution in [0.2, 0.25) is 0 Å². The van der Waals surface area contributed by atoms with Crippen LogP contribution in [0.1, 0.15) is 18.6 Å². The fraction of sp³-hybridized carbons (Fsp3) is 0.500. The summed E-state index contributed by atoms with van der Waals surface area (Å²) < 4.78 is 4.79. The van der Waals surface area contributed by atoms with Crippen molar-refractivity contribution < 1.29 is 9.32 Å². The first-order chi connectivity index (χ1) is 7.63. The fourth-order valence-corrected chi connectivity index (χ4v) is 1.04. The molecular formula is C10H14N4O2. The van der Waals surface area contributed by atoms with E-state index in [1.807, 2.05) is 0 Å². The highest BCUT2D eigenvalue weighted by molar-refractivity contribution is 5.81. The van der Waals surface area contributed by atoms with Crippen molar-refractivity contribution in [1.29, 1.82) is 0 Å². The predicted molar refractivity (Wildman–Crippen MR) is 57.2 cm³/mol. The second-order valence-electron chi connectivity index (χ2n) is 3.25. The van der Waals surface area contributed by atoms with Crippen LogP contribution in [-0.4, -0.2) is 28.6 Å². The molecular weight excluding hydrogens is 208 g/mol. The molecule has 1 heterocycles. The van der Waals surface area contributed by atoms with Crippen LogP contribution in [0.4, 0.5) is 0 Å². The Morgan fingerprint density at radius 1 is 1.69 bits per heavy atom. The van der Waals surface area contributed by atoms with Gasteiger partial charge in [0.25, 0.3) is 0 Å². The molecule has 0 radical (unpaired) electrons. The third kappa shape index (κ3) is 3.71. The van der Waals surface area contributed by atoms with E-state index in [-0.39, 0.29) is 18.5 Å². The Bertz CT molecular complexity index is 394. The molecule has 0 bridgehead atoms. The highest BCUT2D eigenvalue weighted by atomic mass is 16.5. The summed E-state index contributed by atoms with van der Waals surface area (Å²) in [6, 6.07) is -0.354. The molecule has 2 N–H and O–H groups in total. The number of nitrogens with one attached hydrogen (secondary N) is 2. The maximum absolute atomic E-state index is 11.4. The predicted octanol–water partition coefficient (Wildman–Crippen LogP) is -0.394. The van der Waals surface area contributed by atoms with Crippen molar-refractivity contribution in [3.63, 3.8) is 0 Å². The van der Waals surface area contributed by atoms with Crippen molar-refractivity contribution in [2.75, 3.05) is 6.54 Å². The molecule has 1 aromatic rings. The Hall–Kier alpha value is -1.87. The molecule has 6 nitrogen and oxygen atoms in total. The molecule has 86 valence electrons. The molecule has 0 aliphatic carbocycles. The van der Waals surface area contributed by atoms with E-state index in [9.17, 15) is 4.79 Å². The van der Waals surface area contributed by atoms with Gasteiger partial charge in [0.15, 0.2) is 5.82 Å². The molecule has 1 amide bonds. The maximum atomic E-state index is 11.4. The van der Waals surface area contributed by atoms with Crippen molar-refractivity contribution in [3.8, 4) is 12.3 Å². The van der Waals surface area contributed by atoms with Gasteiger partial charge in [0, 0.05) is 6.92 Å². The number of aryl methyl sites for hydroxylation is 1. The van der Waals surface area contributed by atoms with Crippen molar-refractivity contribution in [3.05, 3.63) is 11.7 Å². The van der Waals surface area contributed by atoms with Crippen LogP contribution in [0, 0.1) is 19.3 Å². The normalized spacial score (nSPS) is 11.8. The zero-order valence-electron chi connectivity index (χ0n) is 9.28. The van der Waals surface area contributed by atoms with Crippen LogP contribution >= 0.6 is 0 Å². The Balaban J connectivity index is 2.32. The maximum Gasteiger partial charge on any atom is 0.237 e. The summed E-state index contributed by atoms with van der Waals surface area (Å²) >= 11 is 0. The Morgan fingerprint density at radius 3 is 3.00 bits per heavy atom. The fourth-order valence-electron chi connectivity index (χ4n) is 1.04. The van der Waals surface area contributed by atoms with Crippen LogP contribution in [0.5, 0.6) is 0 Å². The number of terminal acetylenes is 1. The van der Waals surface area contributed by atoms with Crippen molar-refractivity contribution in [2.24, 2.45) is 0 Å². The number of nitrogens with zero attached hydrogens (tertiary/aromatic N) is 2. The number of amides is 1. The monoisotopic (exact) mass is 222 g/mol. The molecule has 1 aromatic heterocycles. The quantitative estimate of drug-likeness (QED) is 0.663. The number of rotatable bonds is 5. The lowest BCUT2D eigenvalue weighted by molar-refractivity contribution is -0.122. The van der Waals surface area contributed by atoms with E-state index in [1.165, 1.54) is 0 Å². The van der Waals surface area contributed by atoms with Gasteiger partial charge in [0.2, 0.25) is 11.8 Å². The second-order valence-corrected chi connectivity index (χ2v) is 3.25. The van der Waals surface area contributed by atoms with Gasteiger partial charge in [-0.25, -0.2) is 0 Å². The van der Waals surface area contributed by atoms with Crippen molar-refractivity contribution >= 4 is 5.91 Å². The van der Waals surface area contributed by atoms with Crippen LogP contribution in [0.25, 0.3) is 0 Å². The summed E-state index contributed by atoms with van der Waals surface area (Å²) in [6.07, 6.45) is 5.03. The Kier molecular flexibility index (Phi) is 4.48. The molecule has 6 heteroatoms. The van der Waals surface area contributed by atoms with Gasteiger partial charge in [-0.05, 0) is 6.92 Å². The van der Waals surface area contributed by atoms with Gasteiger partial charge in [-0.1, -0.05) is 11.1 Å². The average Bonchev–Trinajstić information content (AvgIpc) is 2.68. The van der Waals surface area contributed by atoms with Gasteiger partial charge in [-0.15, -0.1) is 6.42 Å². The highest BCUT2D eigenvalue weighted by Crippen LogP contribution is 1.94. The molecule has 1 atom stereocenters. The van der Waals surface area contributed by atoms with E-state index in [4.69, 9.17) is 10.9 Å². The summed E-state index contributed by atoms with van der Waals surface area (Å²) in [7, 11) is 0. The number of hydrogen-bond donors (Lipinski definition) is 2. The molecule has 16 heavy (non-hydrogen) atoms. The summed E-state index contributed by atoms with van der Waals surface area (Å²) in [5, 5.41) is 9.22. The van der Waals surface area contributed by atoms with Gasteiger partial charge in [-0.2, -0.15) is 4.98 Å². The first-order valence-electron chi connectivity index (χ1n) is 4.87. The van der Waals surface area contributed by atoms with Gasteiger partial charge in [0.05, 0.1) is 19.1 Å². The van der Waals surface area contributed by atoms with E-state index < -0.39 is 0 Å². The van der Waals surface area contributed by atoms with Crippen molar-refractivity contribution in [2.45, 2.75) is 26.4 Å². The lowest BCUT2D eigenvalue weighted by Gasteiger charge is -2.10. The molecule has 0 spiro atoms. The van der Waals surface area contributed by atoms with E-state index in [0.29, 0.717) is 18.3 Å². The Labute approximate surface area is 93.8 Å². The summed E-state index contributed by atoms with van der Waals surface area (Å²) in [6.45, 7) is 4.05. The topological polar surface area (TPSA) is 80.0 Å². The lowest BCUT2D eigenvalue weighted by atomic mass is 10.3. The van der Waals surface area contributed by atoms with E-state index in [0.717, 1.165) is 0 Å². The number of carbonyl (C=O) groups is 1. The van der Waals surface area contributed by atoms with Crippen molar-refractivity contribution in [1.82, 2.24) is 20.8 Å². The number of carbonyl (C=O) groups excluding carboxylic acids is 1. The minimum Gasteiger partial charge on any atom is -0.344 e. The van der Waals surface area contributed by atoms with Crippen LogP contribution in [-0.2, 0) is 11.3 Å². The zero-order chi connectivity index (χ0) is 12.0. The van der Waals surface area contributed by atoms with Gasteiger partial charge in [-0.3, -0.25) is 10.1 Å². The van der Waals surface area contributed by atoms with E-state index in [1.54, 1.807) is 13.8 Å². The zero-order valence-corrected chi connectivity index (χ0v) is 9.28. The molecule has 0 saturated carbocycles. The minimum atomic E-state index is -0.354. The smallest absolute Gasteiger partial charge is 0.237 e. The summed E-state index contributed by atoms with van der Waals surface area (Å²) in [5.74, 6) is 3.20. The lowest BCUT2D eigenvalue weighted by Crippen LogP contribution is -2.42. The van der Waals surface area contributed by atoms with Crippen LogP contribution < -0.4 is 10.6 Å². The first-order valence-corrected chi connectivity index (χ1v) is 4.87. The number of aromatic nitrogens is 2. The third-order valence-corrected chi connectivity index (χ3v) is 1.89. The SMILES string of the molecule is C#CCNC(=O)C(C)NCc1noc(C)n1. The molecule has 0 aromatic carbocycles. The van der Waals surface area contributed by atoms with E-state index >= 15 is 0 Å². The third-order valence-electron chi connectivity index (χ3n) is 1.89. The molecule has 0 saturated heterocycles. The standard InChI is InChI=1S/C10H14N4O2/c1-4-5-11-10(15)7(2)12-6-9-13-8(3)16-14-9/h1,7,12H,5-6H2,2-3H3,(H,11,15). The summed E-state index contributed by atoms with van der Waals surface area (Å²) in [4.78, 5) is 15.4. The molecule has 0 aliphatic rings. The minimum absolute atomic E-state index is 0.154. The molecule has 1 unspecified atom stereocenters. The first kappa shape index (κ1) is 12.2. The summed E-state index contributed by atoms with van der Waals surface area (Å²) in [5.41, 5.74) is 0. The molecule has 0 aliphatic heterocycles. The highest BCUT2D eigenvalue weighted by Gasteiger charge is 2.12. The van der Waals surface area contributed by atoms with E-state index in [2.05, 4.69) is 26.7 Å². The van der Waals surface area contributed by atoms with Crippen LogP contribution in [0.3, 0.4) is 0 Å². The van der Waals surface area contributed by atoms with Gasteiger partial charge in [0.1, 0.15) is 0 Å². The molecule has 0 fully saturated rings. The molecule has 1 rings (SSSR count). The second kappa shape index (κ2) is 5.88. The Morgan fingerprint density at radius 2 is 2.44 bits per heavy atom. The van der Waals surface area contributed by atoms with Gasteiger partial charge >= 0.3 is 0 Å². The largest absolute Gasteiger partial charge is 0.344 e.